The molecule has 0 saturated heterocycles. The summed E-state index contributed by atoms with van der Waals surface area (Å²) in [6, 6.07) is 21.4. The fourth-order valence-electron chi connectivity index (χ4n) is 5.45. The lowest BCUT2D eigenvalue weighted by Crippen LogP contribution is -2.31. The van der Waals surface area contributed by atoms with Crippen molar-refractivity contribution in [3.05, 3.63) is 101 Å². The van der Waals surface area contributed by atoms with Gasteiger partial charge in [-0.3, -0.25) is 4.31 Å². The number of benzene rings is 3. The summed E-state index contributed by atoms with van der Waals surface area (Å²) in [4.78, 5) is 0.356. The predicted molar refractivity (Wildman–Crippen MR) is 129 cm³/mol. The summed E-state index contributed by atoms with van der Waals surface area (Å²) >= 11 is 6.26. The third-order valence-electron chi connectivity index (χ3n) is 6.97. The van der Waals surface area contributed by atoms with Gasteiger partial charge in [0.2, 0.25) is 0 Å². The molecule has 0 spiro atoms. The Kier molecular flexibility index (Phi) is 4.60. The van der Waals surface area contributed by atoms with Crippen molar-refractivity contribution in [1.29, 1.82) is 0 Å². The highest BCUT2D eigenvalue weighted by molar-refractivity contribution is 7.92. The third kappa shape index (κ3) is 3.06. The smallest absolute Gasteiger partial charge is 0.264 e. The first-order chi connectivity index (χ1) is 15.5. The number of fused-ring (bicyclic) bond motifs is 4. The van der Waals surface area contributed by atoms with E-state index in [4.69, 9.17) is 11.6 Å². The average Bonchev–Trinajstić information content (AvgIpc) is 3.46. The number of sulfonamides is 1. The van der Waals surface area contributed by atoms with Crippen LogP contribution in [0.5, 0.6) is 0 Å². The number of para-hydroxylation sites is 1. The molecule has 6 rings (SSSR count). The molecular weight excluding hydrogens is 440 g/mol. The van der Waals surface area contributed by atoms with E-state index in [1.165, 1.54) is 0 Å². The van der Waals surface area contributed by atoms with Gasteiger partial charge in [0, 0.05) is 23.2 Å². The molecule has 0 fully saturated rings. The summed E-state index contributed by atoms with van der Waals surface area (Å²) in [5.41, 5.74) is 5.08. The first-order valence-corrected chi connectivity index (χ1v) is 12.8. The van der Waals surface area contributed by atoms with Crippen LogP contribution in [0.2, 0.25) is 5.02 Å². The maximum absolute atomic E-state index is 13.6. The molecule has 3 atom stereocenters. The van der Waals surface area contributed by atoms with Crippen LogP contribution >= 0.6 is 11.6 Å². The Morgan fingerprint density at radius 1 is 1.00 bits per heavy atom. The molecule has 2 aliphatic heterocycles. The molecule has 0 aromatic heterocycles. The van der Waals surface area contributed by atoms with Crippen LogP contribution in [0.4, 0.5) is 11.4 Å². The van der Waals surface area contributed by atoms with Crippen LogP contribution < -0.4 is 9.62 Å². The van der Waals surface area contributed by atoms with Crippen molar-refractivity contribution in [3.63, 3.8) is 0 Å². The van der Waals surface area contributed by atoms with Crippen LogP contribution in [-0.4, -0.2) is 15.0 Å². The van der Waals surface area contributed by atoms with Crippen LogP contribution in [0.25, 0.3) is 0 Å². The molecule has 6 heteroatoms. The predicted octanol–water partition coefficient (Wildman–Crippen LogP) is 5.92. The molecule has 0 saturated carbocycles. The van der Waals surface area contributed by atoms with E-state index in [9.17, 15) is 8.42 Å². The van der Waals surface area contributed by atoms with E-state index >= 15 is 0 Å². The zero-order valence-corrected chi connectivity index (χ0v) is 19.0. The minimum absolute atomic E-state index is 0.133. The van der Waals surface area contributed by atoms with Gasteiger partial charge in [0.15, 0.2) is 0 Å². The van der Waals surface area contributed by atoms with Crippen LogP contribution in [0, 0.1) is 5.92 Å². The molecule has 0 bridgehead atoms. The SMILES string of the molecule is O=S(=O)(c1ccc2c(c1)C1C=CCC1C(c1cccc(Cl)c1)N2)N1CCc2ccccc21. The Bertz CT molecular complexity index is 1350. The lowest BCUT2D eigenvalue weighted by Gasteiger charge is -2.38. The fourth-order valence-corrected chi connectivity index (χ4v) is 7.19. The highest BCUT2D eigenvalue weighted by Gasteiger charge is 2.39. The van der Waals surface area contributed by atoms with Gasteiger partial charge in [-0.2, -0.15) is 0 Å². The third-order valence-corrected chi connectivity index (χ3v) is 9.02. The van der Waals surface area contributed by atoms with Gasteiger partial charge in [0.25, 0.3) is 10.0 Å². The Labute approximate surface area is 193 Å². The summed E-state index contributed by atoms with van der Waals surface area (Å²) < 4.78 is 28.7. The molecule has 162 valence electrons. The van der Waals surface area contributed by atoms with E-state index in [1.54, 1.807) is 10.4 Å². The Morgan fingerprint density at radius 3 is 2.75 bits per heavy atom. The van der Waals surface area contributed by atoms with E-state index in [0.717, 1.165) is 45.9 Å². The number of allylic oxidation sites excluding steroid dienone is 2. The summed E-state index contributed by atoms with van der Waals surface area (Å²) in [7, 11) is -3.62. The minimum Gasteiger partial charge on any atom is -0.378 e. The molecule has 2 heterocycles. The second-order valence-corrected chi connectivity index (χ2v) is 11.0. The van der Waals surface area contributed by atoms with Gasteiger partial charge in [-0.15, -0.1) is 0 Å². The van der Waals surface area contributed by atoms with Gasteiger partial charge in [-0.1, -0.05) is 54.1 Å². The molecule has 3 unspecified atom stereocenters. The van der Waals surface area contributed by atoms with Gasteiger partial charge in [-0.05, 0) is 71.8 Å². The Balaban J connectivity index is 1.39. The van der Waals surface area contributed by atoms with Crippen molar-refractivity contribution in [1.82, 2.24) is 0 Å². The zero-order chi connectivity index (χ0) is 21.9. The van der Waals surface area contributed by atoms with Crippen molar-refractivity contribution in [2.75, 3.05) is 16.2 Å². The molecule has 3 aromatic carbocycles. The molecule has 32 heavy (non-hydrogen) atoms. The monoisotopic (exact) mass is 462 g/mol. The van der Waals surface area contributed by atoms with Crippen LogP contribution in [-0.2, 0) is 16.4 Å². The maximum atomic E-state index is 13.6. The fraction of sp³-hybridized carbons (Fsp3) is 0.231. The van der Waals surface area contributed by atoms with Gasteiger partial charge >= 0.3 is 0 Å². The highest BCUT2D eigenvalue weighted by atomic mass is 35.5. The number of hydrogen-bond acceptors (Lipinski definition) is 3. The molecule has 4 nitrogen and oxygen atoms in total. The first kappa shape index (κ1) is 19.9. The van der Waals surface area contributed by atoms with E-state index < -0.39 is 10.0 Å². The van der Waals surface area contributed by atoms with Gasteiger partial charge in [0.05, 0.1) is 16.6 Å². The van der Waals surface area contributed by atoms with E-state index in [-0.39, 0.29) is 12.0 Å². The molecule has 0 radical (unpaired) electrons. The number of nitrogens with one attached hydrogen (secondary N) is 1. The molecule has 0 amide bonds. The highest BCUT2D eigenvalue weighted by Crippen LogP contribution is 2.50. The van der Waals surface area contributed by atoms with Crippen molar-refractivity contribution in [3.8, 4) is 0 Å². The van der Waals surface area contributed by atoms with Crippen molar-refractivity contribution in [2.24, 2.45) is 5.92 Å². The topological polar surface area (TPSA) is 49.4 Å². The standard InChI is InChI=1S/C26H23ClN2O2S/c27-19-7-3-6-18(15-19)26-22-9-4-8-21(22)23-16-20(11-12-24(23)28-26)32(30,31)29-14-13-17-5-1-2-10-25(17)29/h1-8,10-12,15-16,21-22,26,28H,9,13-14H2. The Morgan fingerprint density at radius 2 is 1.88 bits per heavy atom. The second-order valence-electron chi connectivity index (χ2n) is 8.74. The summed E-state index contributed by atoms with van der Waals surface area (Å²) in [5, 5.41) is 4.40. The van der Waals surface area contributed by atoms with E-state index in [1.807, 2.05) is 54.6 Å². The van der Waals surface area contributed by atoms with Gasteiger partial charge in [0.1, 0.15) is 0 Å². The summed E-state index contributed by atoms with van der Waals surface area (Å²) in [6.45, 7) is 0.486. The van der Waals surface area contributed by atoms with Gasteiger partial charge < -0.3 is 5.32 Å². The second kappa shape index (κ2) is 7.39. The first-order valence-electron chi connectivity index (χ1n) is 11.0. The quantitative estimate of drug-likeness (QED) is 0.491. The largest absolute Gasteiger partial charge is 0.378 e. The molecule has 1 aliphatic carbocycles. The molecular formula is C26H23ClN2O2S. The van der Waals surface area contributed by atoms with Gasteiger partial charge in [-0.25, -0.2) is 8.42 Å². The zero-order valence-electron chi connectivity index (χ0n) is 17.4. The normalized spacial score (nSPS) is 23.4. The minimum atomic E-state index is -3.62. The maximum Gasteiger partial charge on any atom is 0.264 e. The van der Waals surface area contributed by atoms with E-state index in [2.05, 4.69) is 23.5 Å². The number of hydrogen-bond donors (Lipinski definition) is 1. The number of halogens is 1. The van der Waals surface area contributed by atoms with Crippen LogP contribution in [0.3, 0.4) is 0 Å². The van der Waals surface area contributed by atoms with Crippen LogP contribution in [0.15, 0.2) is 83.8 Å². The number of rotatable bonds is 3. The van der Waals surface area contributed by atoms with E-state index in [0.29, 0.717) is 17.4 Å². The molecule has 1 N–H and O–H groups in total. The summed E-state index contributed by atoms with van der Waals surface area (Å²) in [6.07, 6.45) is 6.13. The molecule has 3 aliphatic rings. The lowest BCUT2D eigenvalue weighted by atomic mass is 9.77. The number of anilines is 2. The van der Waals surface area contributed by atoms with Crippen LogP contribution in [0.1, 0.15) is 35.1 Å². The average molecular weight is 463 g/mol. The lowest BCUT2D eigenvalue weighted by molar-refractivity contribution is 0.425. The van der Waals surface area contributed by atoms with Crippen molar-refractivity contribution >= 4 is 33.0 Å². The molecule has 3 aromatic rings. The Hall–Kier alpha value is -2.76. The summed E-state index contributed by atoms with van der Waals surface area (Å²) in [5.74, 6) is 0.502. The number of nitrogens with zero attached hydrogens (tertiary/aromatic N) is 1. The van der Waals surface area contributed by atoms with Crippen molar-refractivity contribution < 1.29 is 8.42 Å². The van der Waals surface area contributed by atoms with Crippen molar-refractivity contribution in [2.45, 2.75) is 29.7 Å².